The number of nitriles is 1. The highest BCUT2D eigenvalue weighted by Crippen LogP contribution is 2.31. The first kappa shape index (κ1) is 21.5. The molecule has 2 aromatic heterocycles. The molecule has 1 aliphatic rings. The lowest BCUT2D eigenvalue weighted by Gasteiger charge is -2.24. The molecule has 0 amide bonds. The summed E-state index contributed by atoms with van der Waals surface area (Å²) in [6.45, 7) is 3.28. The van der Waals surface area contributed by atoms with Gasteiger partial charge in [0.15, 0.2) is 5.69 Å². The molecule has 0 radical (unpaired) electrons. The molecule has 4 rings (SSSR count). The number of aromatic nitrogens is 3. The number of nitrogens with one attached hydrogen (secondary N) is 3. The molecule has 0 aliphatic carbocycles. The van der Waals surface area contributed by atoms with Crippen LogP contribution in [0.15, 0.2) is 48.9 Å². The van der Waals surface area contributed by atoms with Gasteiger partial charge in [-0.25, -0.2) is 15.0 Å². The first-order valence-corrected chi connectivity index (χ1v) is 10.4. The summed E-state index contributed by atoms with van der Waals surface area (Å²) >= 11 is 0. The molecule has 1 aliphatic heterocycles. The van der Waals surface area contributed by atoms with Crippen LogP contribution in [0.5, 0.6) is 5.75 Å². The van der Waals surface area contributed by atoms with E-state index in [-0.39, 0.29) is 11.8 Å². The van der Waals surface area contributed by atoms with Crippen LogP contribution in [-0.4, -0.2) is 54.4 Å². The van der Waals surface area contributed by atoms with Gasteiger partial charge in [0, 0.05) is 43.1 Å². The number of morpholine rings is 1. The van der Waals surface area contributed by atoms with Crippen LogP contribution < -0.4 is 20.7 Å². The molecule has 3 heterocycles. The van der Waals surface area contributed by atoms with Crippen LogP contribution in [0, 0.1) is 11.3 Å². The summed E-state index contributed by atoms with van der Waals surface area (Å²) in [6, 6.07) is 11.8. The van der Waals surface area contributed by atoms with Crippen LogP contribution in [0.4, 0.5) is 17.3 Å². The van der Waals surface area contributed by atoms with Crippen molar-refractivity contribution in [2.24, 2.45) is 0 Å². The van der Waals surface area contributed by atoms with E-state index in [4.69, 9.17) is 14.7 Å². The maximum absolute atomic E-state index is 8.89. The SMILES string of the molecule is COc1ccc(-c2cnc(Nc3cnc(C#N)cn3)cc2NCCC2CNCCO2)cc1. The van der Waals surface area contributed by atoms with Crippen LogP contribution in [0.25, 0.3) is 11.1 Å². The Bertz CT molecular complexity index is 1060. The van der Waals surface area contributed by atoms with E-state index in [1.54, 1.807) is 7.11 Å². The highest BCUT2D eigenvalue weighted by Gasteiger charge is 2.14. The standard InChI is InChI=1S/C23H25N7O2/c1-31-18-4-2-16(3-5-18)20-14-29-22(30-23-15-27-17(11-24)12-28-23)10-21(20)26-7-6-19-13-25-8-9-32-19/h2-5,10,12,14-15,19,25H,6-9,13H2,1H3,(H2,26,28,29,30). The van der Waals surface area contributed by atoms with Gasteiger partial charge in [-0.1, -0.05) is 12.1 Å². The third kappa shape index (κ3) is 5.49. The van der Waals surface area contributed by atoms with Gasteiger partial charge in [-0.15, -0.1) is 0 Å². The monoisotopic (exact) mass is 431 g/mol. The number of hydrogen-bond donors (Lipinski definition) is 3. The van der Waals surface area contributed by atoms with Crippen molar-refractivity contribution >= 4 is 17.3 Å². The van der Waals surface area contributed by atoms with Gasteiger partial charge in [0.2, 0.25) is 0 Å². The van der Waals surface area contributed by atoms with Gasteiger partial charge < -0.3 is 25.4 Å². The second-order valence-corrected chi connectivity index (χ2v) is 7.28. The summed E-state index contributed by atoms with van der Waals surface area (Å²) in [4.78, 5) is 12.8. The van der Waals surface area contributed by atoms with Crippen molar-refractivity contribution < 1.29 is 9.47 Å². The van der Waals surface area contributed by atoms with E-state index in [9.17, 15) is 0 Å². The minimum atomic E-state index is 0.203. The Labute approximate surface area is 186 Å². The third-order valence-corrected chi connectivity index (χ3v) is 5.11. The zero-order valence-corrected chi connectivity index (χ0v) is 17.8. The van der Waals surface area contributed by atoms with Gasteiger partial charge in [-0.2, -0.15) is 5.26 Å². The van der Waals surface area contributed by atoms with Gasteiger partial charge in [0.1, 0.15) is 23.5 Å². The Morgan fingerprint density at radius 1 is 1.16 bits per heavy atom. The van der Waals surface area contributed by atoms with Crippen LogP contribution in [0.2, 0.25) is 0 Å². The molecule has 9 nitrogen and oxygen atoms in total. The van der Waals surface area contributed by atoms with Crippen molar-refractivity contribution in [3.05, 3.63) is 54.6 Å². The zero-order chi connectivity index (χ0) is 22.2. The van der Waals surface area contributed by atoms with Gasteiger partial charge in [0.25, 0.3) is 0 Å². The minimum Gasteiger partial charge on any atom is -0.497 e. The molecular formula is C23H25N7O2. The molecule has 1 fully saturated rings. The number of hydrogen-bond acceptors (Lipinski definition) is 9. The Morgan fingerprint density at radius 2 is 2.00 bits per heavy atom. The fraction of sp³-hybridized carbons (Fsp3) is 0.304. The lowest BCUT2D eigenvalue weighted by molar-refractivity contribution is 0.0258. The first-order valence-electron chi connectivity index (χ1n) is 10.4. The maximum Gasteiger partial charge on any atom is 0.158 e. The molecular weight excluding hydrogens is 406 g/mol. The van der Waals surface area contributed by atoms with E-state index in [2.05, 4.69) is 30.9 Å². The minimum absolute atomic E-state index is 0.203. The van der Waals surface area contributed by atoms with Gasteiger partial charge >= 0.3 is 0 Å². The van der Waals surface area contributed by atoms with Crippen molar-refractivity contribution in [2.75, 3.05) is 44.0 Å². The first-order chi connectivity index (χ1) is 15.7. The Kier molecular flexibility index (Phi) is 7.07. The molecule has 1 aromatic carbocycles. The molecule has 9 heteroatoms. The van der Waals surface area contributed by atoms with E-state index < -0.39 is 0 Å². The molecule has 0 bridgehead atoms. The van der Waals surface area contributed by atoms with Gasteiger partial charge in [-0.3, -0.25) is 0 Å². The fourth-order valence-corrected chi connectivity index (χ4v) is 3.43. The van der Waals surface area contributed by atoms with Crippen LogP contribution in [0.1, 0.15) is 12.1 Å². The topological polar surface area (TPSA) is 117 Å². The van der Waals surface area contributed by atoms with E-state index in [0.29, 0.717) is 11.6 Å². The molecule has 0 spiro atoms. The molecule has 3 aromatic rings. The average Bonchev–Trinajstić information content (AvgIpc) is 2.85. The van der Waals surface area contributed by atoms with Crippen molar-refractivity contribution in [1.82, 2.24) is 20.3 Å². The molecule has 32 heavy (non-hydrogen) atoms. The van der Waals surface area contributed by atoms with Crippen molar-refractivity contribution in [3.8, 4) is 22.9 Å². The predicted molar refractivity (Wildman–Crippen MR) is 122 cm³/mol. The highest BCUT2D eigenvalue weighted by atomic mass is 16.5. The van der Waals surface area contributed by atoms with Crippen LogP contribution in [-0.2, 0) is 4.74 Å². The number of rotatable bonds is 8. The normalized spacial score (nSPS) is 15.6. The number of ether oxygens (including phenoxy) is 2. The quantitative estimate of drug-likeness (QED) is 0.495. The summed E-state index contributed by atoms with van der Waals surface area (Å²) in [7, 11) is 1.65. The third-order valence-electron chi connectivity index (χ3n) is 5.11. The smallest absolute Gasteiger partial charge is 0.158 e. The average molecular weight is 432 g/mol. The van der Waals surface area contributed by atoms with E-state index >= 15 is 0 Å². The molecule has 3 N–H and O–H groups in total. The summed E-state index contributed by atoms with van der Waals surface area (Å²) in [5.74, 6) is 1.94. The van der Waals surface area contributed by atoms with Crippen molar-refractivity contribution in [1.29, 1.82) is 5.26 Å². The van der Waals surface area contributed by atoms with E-state index in [1.165, 1.54) is 12.4 Å². The van der Waals surface area contributed by atoms with Crippen LogP contribution >= 0.6 is 0 Å². The molecule has 1 unspecified atom stereocenters. The van der Waals surface area contributed by atoms with Gasteiger partial charge in [-0.05, 0) is 24.1 Å². The number of nitrogens with zero attached hydrogens (tertiary/aromatic N) is 4. The Balaban J connectivity index is 1.54. The summed E-state index contributed by atoms with van der Waals surface area (Å²) in [6.07, 6.45) is 5.85. The Hall–Kier alpha value is -3.74. The second kappa shape index (κ2) is 10.5. The number of pyridine rings is 1. The summed E-state index contributed by atoms with van der Waals surface area (Å²) in [5, 5.41) is 18.9. The highest BCUT2D eigenvalue weighted by molar-refractivity contribution is 5.79. The van der Waals surface area contributed by atoms with Crippen molar-refractivity contribution in [3.63, 3.8) is 0 Å². The van der Waals surface area contributed by atoms with Crippen LogP contribution in [0.3, 0.4) is 0 Å². The second-order valence-electron chi connectivity index (χ2n) is 7.28. The molecule has 1 atom stereocenters. The largest absolute Gasteiger partial charge is 0.497 e. The van der Waals surface area contributed by atoms with Crippen molar-refractivity contribution in [2.45, 2.75) is 12.5 Å². The maximum atomic E-state index is 8.89. The van der Waals surface area contributed by atoms with E-state index in [0.717, 1.165) is 55.2 Å². The predicted octanol–water partition coefficient (Wildman–Crippen LogP) is 2.95. The lowest BCUT2D eigenvalue weighted by atomic mass is 10.1. The summed E-state index contributed by atoms with van der Waals surface area (Å²) in [5.41, 5.74) is 3.21. The van der Waals surface area contributed by atoms with Gasteiger partial charge in [0.05, 0.1) is 32.2 Å². The van der Waals surface area contributed by atoms with E-state index in [1.807, 2.05) is 42.6 Å². The lowest BCUT2D eigenvalue weighted by Crippen LogP contribution is -2.39. The number of methoxy groups -OCH3 is 1. The molecule has 0 saturated carbocycles. The zero-order valence-electron chi connectivity index (χ0n) is 17.8. The fourth-order valence-electron chi connectivity index (χ4n) is 3.43. The number of benzene rings is 1. The number of anilines is 3. The summed E-state index contributed by atoms with van der Waals surface area (Å²) < 4.78 is 11.1. The Morgan fingerprint density at radius 3 is 2.69 bits per heavy atom. The molecule has 1 saturated heterocycles. The molecule has 164 valence electrons.